The molecule has 0 aliphatic rings. The van der Waals surface area contributed by atoms with Crippen LogP contribution in [0.1, 0.15) is 17.0 Å². The molecule has 0 fully saturated rings. The van der Waals surface area contributed by atoms with Gasteiger partial charge < -0.3 is 9.73 Å². The second kappa shape index (κ2) is 6.20. The summed E-state index contributed by atoms with van der Waals surface area (Å²) in [5.74, 6) is 0.441. The molecule has 4 rings (SSSR count). The zero-order valence-electron chi connectivity index (χ0n) is 13.2. The molecular formula is C21H17NO2. The lowest BCUT2D eigenvalue weighted by molar-refractivity contribution is 0.0962. The van der Waals surface area contributed by atoms with Gasteiger partial charge in [-0.05, 0) is 35.0 Å². The van der Waals surface area contributed by atoms with E-state index >= 15 is 0 Å². The second-order valence-electron chi connectivity index (χ2n) is 5.81. The van der Waals surface area contributed by atoms with E-state index in [0.717, 1.165) is 16.7 Å². The monoisotopic (exact) mass is 315 g/mol. The molecule has 1 N–H and O–H groups in total. The van der Waals surface area contributed by atoms with E-state index < -0.39 is 0 Å². The molecule has 0 saturated carbocycles. The molecule has 0 atom stereocenters. The Labute approximate surface area is 139 Å². The van der Waals surface area contributed by atoms with Crippen molar-refractivity contribution in [3.05, 3.63) is 78.6 Å². The number of benzene rings is 3. The van der Waals surface area contributed by atoms with Gasteiger partial charge in [-0.15, -0.1) is 0 Å². The van der Waals surface area contributed by atoms with Crippen LogP contribution < -0.4 is 5.32 Å². The molecule has 0 spiro atoms. The third-order valence-electron chi connectivity index (χ3n) is 4.13. The standard InChI is InChI=1S/C21H17NO2/c23-19(21-14-17-7-3-4-8-20(17)24-21)11-12-22-18-10-9-15-5-1-2-6-16(15)13-18/h1-10,13-14,22H,11-12H2. The summed E-state index contributed by atoms with van der Waals surface area (Å²) in [5.41, 5.74) is 1.77. The molecule has 3 heteroatoms. The third-order valence-corrected chi connectivity index (χ3v) is 4.13. The van der Waals surface area contributed by atoms with E-state index in [9.17, 15) is 4.79 Å². The van der Waals surface area contributed by atoms with E-state index in [2.05, 4.69) is 29.6 Å². The zero-order valence-corrected chi connectivity index (χ0v) is 13.2. The Morgan fingerprint density at radius 2 is 1.58 bits per heavy atom. The predicted molar refractivity (Wildman–Crippen MR) is 97.6 cm³/mol. The number of furan rings is 1. The summed E-state index contributed by atoms with van der Waals surface area (Å²) in [4.78, 5) is 12.3. The number of hydrogen-bond donors (Lipinski definition) is 1. The second-order valence-corrected chi connectivity index (χ2v) is 5.81. The number of rotatable bonds is 5. The van der Waals surface area contributed by atoms with Gasteiger partial charge in [0.05, 0.1) is 0 Å². The smallest absolute Gasteiger partial charge is 0.199 e. The summed E-state index contributed by atoms with van der Waals surface area (Å²) in [6, 6.07) is 23.9. The summed E-state index contributed by atoms with van der Waals surface area (Å²) in [5, 5.41) is 6.67. The van der Waals surface area contributed by atoms with Gasteiger partial charge in [0, 0.05) is 24.0 Å². The number of Topliss-reactive ketones (excluding diaryl/α,β-unsaturated/α-hetero) is 1. The van der Waals surface area contributed by atoms with Crippen molar-refractivity contribution in [2.24, 2.45) is 0 Å². The minimum absolute atomic E-state index is 0.0134. The molecule has 0 bridgehead atoms. The fourth-order valence-electron chi connectivity index (χ4n) is 2.86. The van der Waals surface area contributed by atoms with Gasteiger partial charge in [-0.1, -0.05) is 48.5 Å². The Bertz CT molecular complexity index is 983. The Balaban J connectivity index is 1.41. The van der Waals surface area contributed by atoms with Crippen molar-refractivity contribution in [1.82, 2.24) is 0 Å². The number of ketones is 1. The van der Waals surface area contributed by atoms with Gasteiger partial charge in [0.2, 0.25) is 0 Å². The van der Waals surface area contributed by atoms with Crippen molar-refractivity contribution in [2.75, 3.05) is 11.9 Å². The van der Waals surface area contributed by atoms with E-state index in [1.54, 1.807) is 0 Å². The fourth-order valence-corrected chi connectivity index (χ4v) is 2.86. The molecule has 0 unspecified atom stereocenters. The largest absolute Gasteiger partial charge is 0.453 e. The number of fused-ring (bicyclic) bond motifs is 2. The maximum atomic E-state index is 12.3. The number of para-hydroxylation sites is 1. The van der Waals surface area contributed by atoms with Crippen LogP contribution in [0.4, 0.5) is 5.69 Å². The molecule has 3 aromatic carbocycles. The molecule has 1 heterocycles. The Morgan fingerprint density at radius 3 is 2.42 bits per heavy atom. The first-order valence-corrected chi connectivity index (χ1v) is 8.04. The summed E-state index contributed by atoms with van der Waals surface area (Å²) in [7, 11) is 0. The molecule has 0 amide bonds. The highest BCUT2D eigenvalue weighted by Crippen LogP contribution is 2.21. The number of carbonyl (C=O) groups is 1. The lowest BCUT2D eigenvalue weighted by Crippen LogP contribution is -2.08. The molecule has 0 radical (unpaired) electrons. The highest BCUT2D eigenvalue weighted by Gasteiger charge is 2.11. The van der Waals surface area contributed by atoms with Crippen LogP contribution in [0.3, 0.4) is 0 Å². The van der Waals surface area contributed by atoms with Crippen LogP contribution in [0, 0.1) is 0 Å². The summed E-state index contributed by atoms with van der Waals surface area (Å²) in [6.45, 7) is 0.578. The Hall–Kier alpha value is -3.07. The van der Waals surface area contributed by atoms with E-state index in [1.165, 1.54) is 10.8 Å². The molecular weight excluding hydrogens is 298 g/mol. The molecule has 3 nitrogen and oxygen atoms in total. The van der Waals surface area contributed by atoms with E-state index in [-0.39, 0.29) is 5.78 Å². The van der Waals surface area contributed by atoms with Crippen molar-refractivity contribution in [2.45, 2.75) is 6.42 Å². The van der Waals surface area contributed by atoms with Crippen molar-refractivity contribution < 1.29 is 9.21 Å². The fraction of sp³-hybridized carbons (Fsp3) is 0.0952. The van der Waals surface area contributed by atoms with E-state index in [1.807, 2.05) is 48.5 Å². The van der Waals surface area contributed by atoms with Crippen molar-refractivity contribution in [1.29, 1.82) is 0 Å². The average molecular weight is 315 g/mol. The first-order chi connectivity index (χ1) is 11.8. The molecule has 0 aliphatic heterocycles. The lowest BCUT2D eigenvalue weighted by Gasteiger charge is -2.06. The maximum Gasteiger partial charge on any atom is 0.199 e. The zero-order chi connectivity index (χ0) is 16.4. The number of carbonyl (C=O) groups excluding carboxylic acids is 1. The third kappa shape index (κ3) is 2.88. The minimum Gasteiger partial charge on any atom is -0.453 e. The number of nitrogens with one attached hydrogen (secondary N) is 1. The lowest BCUT2D eigenvalue weighted by atomic mass is 10.1. The van der Waals surface area contributed by atoms with Crippen LogP contribution in [0.5, 0.6) is 0 Å². The number of anilines is 1. The molecule has 1 aromatic heterocycles. The summed E-state index contributed by atoms with van der Waals surface area (Å²) < 4.78 is 5.61. The van der Waals surface area contributed by atoms with Gasteiger partial charge in [0.15, 0.2) is 11.5 Å². The topological polar surface area (TPSA) is 42.2 Å². The Kier molecular flexibility index (Phi) is 3.75. The Morgan fingerprint density at radius 1 is 0.833 bits per heavy atom. The van der Waals surface area contributed by atoms with E-state index in [4.69, 9.17) is 4.42 Å². The van der Waals surface area contributed by atoms with Gasteiger partial charge >= 0.3 is 0 Å². The van der Waals surface area contributed by atoms with Gasteiger partial charge in [-0.2, -0.15) is 0 Å². The van der Waals surface area contributed by atoms with Gasteiger partial charge in [0.25, 0.3) is 0 Å². The van der Waals surface area contributed by atoms with Crippen LogP contribution in [-0.4, -0.2) is 12.3 Å². The summed E-state index contributed by atoms with van der Waals surface area (Å²) in [6.07, 6.45) is 0.395. The molecule has 0 aliphatic carbocycles. The molecule has 24 heavy (non-hydrogen) atoms. The first-order valence-electron chi connectivity index (χ1n) is 8.04. The molecule has 4 aromatic rings. The van der Waals surface area contributed by atoms with Crippen molar-refractivity contribution >= 4 is 33.2 Å². The van der Waals surface area contributed by atoms with Crippen LogP contribution in [0.2, 0.25) is 0 Å². The van der Waals surface area contributed by atoms with Crippen LogP contribution in [-0.2, 0) is 0 Å². The number of hydrogen-bond acceptors (Lipinski definition) is 3. The van der Waals surface area contributed by atoms with Gasteiger partial charge in [-0.3, -0.25) is 4.79 Å². The predicted octanol–water partition coefficient (Wildman–Crippen LogP) is 5.27. The van der Waals surface area contributed by atoms with Crippen molar-refractivity contribution in [3.63, 3.8) is 0 Å². The van der Waals surface area contributed by atoms with E-state index in [0.29, 0.717) is 18.7 Å². The van der Waals surface area contributed by atoms with Crippen molar-refractivity contribution in [3.8, 4) is 0 Å². The first kappa shape index (κ1) is 14.5. The minimum atomic E-state index is 0.0134. The van der Waals surface area contributed by atoms with Crippen LogP contribution in [0.15, 0.2) is 77.2 Å². The average Bonchev–Trinajstić information content (AvgIpc) is 3.06. The SMILES string of the molecule is O=C(CCNc1ccc2ccccc2c1)c1cc2ccccc2o1. The molecule has 118 valence electrons. The normalized spacial score (nSPS) is 11.0. The summed E-state index contributed by atoms with van der Waals surface area (Å²) >= 11 is 0. The van der Waals surface area contributed by atoms with Gasteiger partial charge in [-0.25, -0.2) is 0 Å². The quantitative estimate of drug-likeness (QED) is 0.510. The highest BCUT2D eigenvalue weighted by molar-refractivity contribution is 5.97. The highest BCUT2D eigenvalue weighted by atomic mass is 16.3. The van der Waals surface area contributed by atoms with Gasteiger partial charge in [0.1, 0.15) is 5.58 Å². The van der Waals surface area contributed by atoms with Crippen LogP contribution >= 0.6 is 0 Å². The maximum absolute atomic E-state index is 12.3. The van der Waals surface area contributed by atoms with Crippen LogP contribution in [0.25, 0.3) is 21.7 Å². The molecule has 0 saturated heterocycles.